The first-order chi connectivity index (χ1) is 6.50. The first-order valence-corrected chi connectivity index (χ1v) is 6.15. The van der Waals surface area contributed by atoms with E-state index in [-0.39, 0.29) is 0 Å². The van der Waals surface area contributed by atoms with E-state index in [0.717, 1.165) is 17.3 Å². The monoisotopic (exact) mass is 195 g/mol. The second-order valence-corrected chi connectivity index (χ2v) is 6.46. The molecule has 1 N–H and O–H groups in total. The SMILES string of the molecule is CNCC1CC12CCC(C)(C)CC2C. The molecule has 1 nitrogen and oxygen atoms in total. The Kier molecular flexibility index (Phi) is 2.42. The molecule has 0 heterocycles. The Morgan fingerprint density at radius 1 is 1.21 bits per heavy atom. The van der Waals surface area contributed by atoms with Crippen LogP contribution in [0.1, 0.15) is 46.5 Å². The minimum Gasteiger partial charge on any atom is -0.319 e. The molecule has 0 aromatic carbocycles. The van der Waals surface area contributed by atoms with Gasteiger partial charge in [-0.2, -0.15) is 0 Å². The van der Waals surface area contributed by atoms with Crippen LogP contribution in [0.15, 0.2) is 0 Å². The smallest absolute Gasteiger partial charge is 0.00179 e. The quantitative estimate of drug-likeness (QED) is 0.714. The van der Waals surface area contributed by atoms with Gasteiger partial charge in [-0.25, -0.2) is 0 Å². The zero-order chi connectivity index (χ0) is 10.4. The molecule has 2 aliphatic rings. The third kappa shape index (κ3) is 1.60. The maximum Gasteiger partial charge on any atom is -0.00179 e. The molecular formula is C13H25N. The van der Waals surface area contributed by atoms with Gasteiger partial charge in [0, 0.05) is 0 Å². The van der Waals surface area contributed by atoms with Gasteiger partial charge in [-0.05, 0) is 61.9 Å². The Hall–Kier alpha value is -0.0400. The Balaban J connectivity index is 1.98. The van der Waals surface area contributed by atoms with Crippen molar-refractivity contribution in [3.8, 4) is 0 Å². The third-order valence-corrected chi connectivity index (χ3v) is 4.84. The Morgan fingerprint density at radius 2 is 1.93 bits per heavy atom. The van der Waals surface area contributed by atoms with Gasteiger partial charge in [0.2, 0.25) is 0 Å². The summed E-state index contributed by atoms with van der Waals surface area (Å²) in [7, 11) is 2.09. The van der Waals surface area contributed by atoms with E-state index < -0.39 is 0 Å². The highest BCUT2D eigenvalue weighted by Gasteiger charge is 2.58. The fourth-order valence-corrected chi connectivity index (χ4v) is 3.78. The molecule has 2 aliphatic carbocycles. The van der Waals surface area contributed by atoms with Crippen LogP contribution in [0.2, 0.25) is 0 Å². The normalized spacial score (nSPS) is 45.4. The van der Waals surface area contributed by atoms with Crippen molar-refractivity contribution in [2.45, 2.75) is 46.5 Å². The lowest BCUT2D eigenvalue weighted by atomic mass is 9.65. The molecule has 2 saturated carbocycles. The molecule has 14 heavy (non-hydrogen) atoms. The maximum absolute atomic E-state index is 3.34. The second-order valence-electron chi connectivity index (χ2n) is 6.46. The zero-order valence-corrected chi connectivity index (χ0v) is 10.2. The predicted octanol–water partition coefficient (Wildman–Crippen LogP) is 3.06. The van der Waals surface area contributed by atoms with Gasteiger partial charge in [-0.3, -0.25) is 0 Å². The van der Waals surface area contributed by atoms with Crippen molar-refractivity contribution < 1.29 is 0 Å². The summed E-state index contributed by atoms with van der Waals surface area (Å²) in [6.45, 7) is 8.60. The summed E-state index contributed by atoms with van der Waals surface area (Å²) >= 11 is 0. The maximum atomic E-state index is 3.34. The lowest BCUT2D eigenvalue weighted by molar-refractivity contribution is 0.102. The highest BCUT2D eigenvalue weighted by atomic mass is 14.8. The fraction of sp³-hybridized carbons (Fsp3) is 1.00. The van der Waals surface area contributed by atoms with Gasteiger partial charge in [0.25, 0.3) is 0 Å². The molecule has 2 rings (SSSR count). The van der Waals surface area contributed by atoms with Crippen LogP contribution < -0.4 is 5.32 Å². The van der Waals surface area contributed by atoms with E-state index in [0.29, 0.717) is 5.41 Å². The second kappa shape index (κ2) is 3.23. The highest BCUT2D eigenvalue weighted by Crippen LogP contribution is 2.66. The number of hydrogen-bond donors (Lipinski definition) is 1. The van der Waals surface area contributed by atoms with E-state index in [1.165, 1.54) is 32.2 Å². The van der Waals surface area contributed by atoms with E-state index >= 15 is 0 Å². The molecule has 0 amide bonds. The average Bonchev–Trinajstić information content (AvgIpc) is 2.75. The average molecular weight is 195 g/mol. The molecule has 0 aromatic rings. The number of hydrogen-bond acceptors (Lipinski definition) is 1. The van der Waals surface area contributed by atoms with Crippen molar-refractivity contribution >= 4 is 0 Å². The van der Waals surface area contributed by atoms with Crippen molar-refractivity contribution in [3.05, 3.63) is 0 Å². The van der Waals surface area contributed by atoms with Crippen LogP contribution >= 0.6 is 0 Å². The van der Waals surface area contributed by atoms with Crippen LogP contribution in [0.3, 0.4) is 0 Å². The van der Waals surface area contributed by atoms with Crippen LogP contribution in [0.5, 0.6) is 0 Å². The molecule has 3 atom stereocenters. The summed E-state index contributed by atoms with van der Waals surface area (Å²) in [4.78, 5) is 0. The molecule has 2 fully saturated rings. The van der Waals surface area contributed by atoms with E-state index in [1.807, 2.05) is 0 Å². The number of nitrogens with one attached hydrogen (secondary N) is 1. The molecule has 82 valence electrons. The standard InChI is InChI=1S/C13H25N/c1-10-7-12(2,3)5-6-13(10)8-11(13)9-14-4/h10-11,14H,5-9H2,1-4H3. The largest absolute Gasteiger partial charge is 0.319 e. The minimum absolute atomic E-state index is 0.609. The van der Waals surface area contributed by atoms with Crippen molar-refractivity contribution in [2.75, 3.05) is 13.6 Å². The van der Waals surface area contributed by atoms with Crippen LogP contribution in [0.25, 0.3) is 0 Å². The summed E-state index contributed by atoms with van der Waals surface area (Å²) in [5.41, 5.74) is 1.36. The van der Waals surface area contributed by atoms with E-state index in [2.05, 4.69) is 33.1 Å². The van der Waals surface area contributed by atoms with Crippen molar-refractivity contribution in [1.29, 1.82) is 0 Å². The minimum atomic E-state index is 0.609. The van der Waals surface area contributed by atoms with Crippen molar-refractivity contribution in [3.63, 3.8) is 0 Å². The molecule has 0 saturated heterocycles. The lowest BCUT2D eigenvalue weighted by Gasteiger charge is -2.40. The Bertz CT molecular complexity index is 221. The molecule has 1 spiro atoms. The van der Waals surface area contributed by atoms with Gasteiger partial charge in [0.1, 0.15) is 0 Å². The van der Waals surface area contributed by atoms with Crippen molar-refractivity contribution in [2.24, 2.45) is 22.7 Å². The van der Waals surface area contributed by atoms with Crippen LogP contribution in [-0.2, 0) is 0 Å². The lowest BCUT2D eigenvalue weighted by Crippen LogP contribution is -2.32. The van der Waals surface area contributed by atoms with Gasteiger partial charge in [0.15, 0.2) is 0 Å². The first-order valence-electron chi connectivity index (χ1n) is 6.15. The Labute approximate surface area is 88.7 Å². The van der Waals surface area contributed by atoms with Crippen molar-refractivity contribution in [1.82, 2.24) is 5.32 Å². The third-order valence-electron chi connectivity index (χ3n) is 4.84. The fourth-order valence-electron chi connectivity index (χ4n) is 3.78. The molecule has 3 unspecified atom stereocenters. The topological polar surface area (TPSA) is 12.0 Å². The summed E-state index contributed by atoms with van der Waals surface area (Å²) in [5.74, 6) is 1.93. The van der Waals surface area contributed by atoms with Gasteiger partial charge in [-0.15, -0.1) is 0 Å². The van der Waals surface area contributed by atoms with E-state index in [4.69, 9.17) is 0 Å². The molecule has 0 radical (unpaired) electrons. The summed E-state index contributed by atoms with van der Waals surface area (Å²) in [5, 5.41) is 3.34. The predicted molar refractivity (Wildman–Crippen MR) is 61.3 cm³/mol. The molecule has 0 aromatic heterocycles. The zero-order valence-electron chi connectivity index (χ0n) is 10.2. The van der Waals surface area contributed by atoms with E-state index in [1.54, 1.807) is 0 Å². The van der Waals surface area contributed by atoms with Crippen LogP contribution in [-0.4, -0.2) is 13.6 Å². The van der Waals surface area contributed by atoms with Gasteiger partial charge in [0.05, 0.1) is 0 Å². The summed E-state index contributed by atoms with van der Waals surface area (Å²) in [6.07, 6.45) is 5.85. The number of rotatable bonds is 2. The van der Waals surface area contributed by atoms with Crippen LogP contribution in [0.4, 0.5) is 0 Å². The van der Waals surface area contributed by atoms with Gasteiger partial charge in [-0.1, -0.05) is 20.8 Å². The molecule has 1 heteroatoms. The van der Waals surface area contributed by atoms with Gasteiger partial charge < -0.3 is 5.32 Å². The van der Waals surface area contributed by atoms with Gasteiger partial charge >= 0.3 is 0 Å². The summed E-state index contributed by atoms with van der Waals surface area (Å²) in [6, 6.07) is 0. The molecular weight excluding hydrogens is 170 g/mol. The van der Waals surface area contributed by atoms with E-state index in [9.17, 15) is 0 Å². The summed E-state index contributed by atoms with van der Waals surface area (Å²) < 4.78 is 0. The first kappa shape index (κ1) is 10.5. The van der Waals surface area contributed by atoms with Crippen LogP contribution in [0, 0.1) is 22.7 Å². The Morgan fingerprint density at radius 3 is 2.50 bits per heavy atom. The highest BCUT2D eigenvalue weighted by molar-refractivity contribution is 5.09. The molecule has 0 aliphatic heterocycles. The molecule has 0 bridgehead atoms.